The first-order valence-electron chi connectivity index (χ1n) is 8.11. The fourth-order valence-electron chi connectivity index (χ4n) is 2.73. The Balaban J connectivity index is 0.00000288. The third-order valence-corrected chi connectivity index (χ3v) is 4.00. The van der Waals surface area contributed by atoms with Crippen LogP contribution in [-0.2, 0) is 11.2 Å². The molecule has 1 unspecified atom stereocenters. The highest BCUT2D eigenvalue weighted by Crippen LogP contribution is 2.10. The van der Waals surface area contributed by atoms with Gasteiger partial charge in [-0.1, -0.05) is 19.1 Å². The van der Waals surface area contributed by atoms with Crippen LogP contribution in [0.15, 0.2) is 29.3 Å². The summed E-state index contributed by atoms with van der Waals surface area (Å²) in [6.45, 7) is 4.07. The summed E-state index contributed by atoms with van der Waals surface area (Å²) in [5, 5.41) is 6.58. The summed E-state index contributed by atoms with van der Waals surface area (Å²) in [4.78, 5) is 17.8. The summed E-state index contributed by atoms with van der Waals surface area (Å²) < 4.78 is 13.1. The molecule has 1 saturated heterocycles. The van der Waals surface area contributed by atoms with Crippen molar-refractivity contribution in [3.05, 3.63) is 35.6 Å². The highest BCUT2D eigenvalue weighted by atomic mass is 127. The minimum Gasteiger partial charge on any atom is -0.356 e. The lowest BCUT2D eigenvalue weighted by atomic mass is 10.1. The molecule has 0 bridgehead atoms. The molecule has 1 atom stereocenters. The molecule has 1 heterocycles. The van der Waals surface area contributed by atoms with Gasteiger partial charge < -0.3 is 15.5 Å². The maximum absolute atomic E-state index is 13.1. The standard InChI is InChI=1S/C17H25FN4O.HI/c1-3-16(23)22-10-8-15(12-22)21-17(19-2)20-9-7-13-5-4-6-14(18)11-13;/h4-6,11,15H,3,7-10,12H2,1-2H3,(H2,19,20,21);1H. The first kappa shape index (κ1) is 20.7. The predicted molar refractivity (Wildman–Crippen MR) is 105 cm³/mol. The number of carbonyl (C=O) groups is 1. The molecule has 24 heavy (non-hydrogen) atoms. The second-order valence-electron chi connectivity index (χ2n) is 5.70. The van der Waals surface area contributed by atoms with Crippen LogP contribution in [0.25, 0.3) is 0 Å². The Morgan fingerprint density at radius 3 is 2.92 bits per heavy atom. The van der Waals surface area contributed by atoms with Crippen LogP contribution >= 0.6 is 24.0 Å². The number of benzene rings is 1. The number of nitrogens with one attached hydrogen (secondary N) is 2. The van der Waals surface area contributed by atoms with Gasteiger partial charge in [0.2, 0.25) is 5.91 Å². The largest absolute Gasteiger partial charge is 0.356 e. The molecule has 7 heteroatoms. The summed E-state index contributed by atoms with van der Waals surface area (Å²) in [6.07, 6.45) is 2.20. The van der Waals surface area contributed by atoms with Gasteiger partial charge in [0.1, 0.15) is 5.82 Å². The lowest BCUT2D eigenvalue weighted by molar-refractivity contribution is -0.129. The van der Waals surface area contributed by atoms with Gasteiger partial charge >= 0.3 is 0 Å². The molecule has 1 aromatic rings. The highest BCUT2D eigenvalue weighted by Gasteiger charge is 2.25. The first-order valence-corrected chi connectivity index (χ1v) is 8.11. The second-order valence-corrected chi connectivity index (χ2v) is 5.70. The number of likely N-dealkylation sites (tertiary alicyclic amines) is 1. The van der Waals surface area contributed by atoms with Gasteiger partial charge in [-0.25, -0.2) is 4.39 Å². The van der Waals surface area contributed by atoms with E-state index in [1.807, 2.05) is 17.9 Å². The maximum Gasteiger partial charge on any atom is 0.222 e. The molecule has 134 valence electrons. The molecule has 0 aliphatic carbocycles. The minimum atomic E-state index is -0.211. The maximum atomic E-state index is 13.1. The number of carbonyl (C=O) groups excluding carboxylic acids is 1. The van der Waals surface area contributed by atoms with E-state index in [-0.39, 0.29) is 41.7 Å². The summed E-state index contributed by atoms with van der Waals surface area (Å²) >= 11 is 0. The Kier molecular flexibility index (Phi) is 9.02. The van der Waals surface area contributed by atoms with Gasteiger partial charge in [-0.15, -0.1) is 24.0 Å². The fraction of sp³-hybridized carbons (Fsp3) is 0.529. The lowest BCUT2D eigenvalue weighted by Gasteiger charge is -2.18. The van der Waals surface area contributed by atoms with E-state index >= 15 is 0 Å². The van der Waals surface area contributed by atoms with Crippen LogP contribution in [0.3, 0.4) is 0 Å². The second kappa shape index (κ2) is 10.5. The molecule has 0 spiro atoms. The number of aliphatic imine (C=N–C) groups is 1. The molecule has 2 N–H and O–H groups in total. The van der Waals surface area contributed by atoms with Crippen molar-refractivity contribution in [2.45, 2.75) is 32.2 Å². The van der Waals surface area contributed by atoms with Crippen molar-refractivity contribution in [2.24, 2.45) is 4.99 Å². The summed E-state index contributed by atoms with van der Waals surface area (Å²) in [7, 11) is 1.72. The third-order valence-electron chi connectivity index (χ3n) is 4.00. The van der Waals surface area contributed by atoms with Gasteiger partial charge in [0.05, 0.1) is 0 Å². The van der Waals surface area contributed by atoms with Crippen LogP contribution < -0.4 is 10.6 Å². The number of halogens is 2. The van der Waals surface area contributed by atoms with Crippen LogP contribution in [0.2, 0.25) is 0 Å². The van der Waals surface area contributed by atoms with E-state index in [1.54, 1.807) is 19.2 Å². The van der Waals surface area contributed by atoms with E-state index in [0.717, 1.165) is 37.5 Å². The molecule has 1 aromatic carbocycles. The highest BCUT2D eigenvalue weighted by molar-refractivity contribution is 14.0. The predicted octanol–water partition coefficient (Wildman–Crippen LogP) is 2.16. The van der Waals surface area contributed by atoms with Crippen LogP contribution in [0.4, 0.5) is 4.39 Å². The molecule has 2 rings (SSSR count). The van der Waals surface area contributed by atoms with E-state index in [0.29, 0.717) is 13.0 Å². The van der Waals surface area contributed by atoms with Crippen molar-refractivity contribution in [2.75, 3.05) is 26.7 Å². The Morgan fingerprint density at radius 2 is 2.25 bits per heavy atom. The topological polar surface area (TPSA) is 56.7 Å². The van der Waals surface area contributed by atoms with E-state index in [9.17, 15) is 9.18 Å². The zero-order valence-electron chi connectivity index (χ0n) is 14.2. The number of hydrogen-bond donors (Lipinski definition) is 2. The number of rotatable bonds is 5. The molecular weight excluding hydrogens is 422 g/mol. The number of guanidine groups is 1. The zero-order chi connectivity index (χ0) is 16.7. The molecule has 5 nitrogen and oxygen atoms in total. The third kappa shape index (κ3) is 6.26. The Labute approximate surface area is 160 Å². The van der Waals surface area contributed by atoms with Crippen LogP contribution in [0, 0.1) is 5.82 Å². The SMILES string of the molecule is CCC(=O)N1CCC(NC(=NC)NCCc2cccc(F)c2)C1.I. The van der Waals surface area contributed by atoms with E-state index in [2.05, 4.69) is 15.6 Å². The minimum absolute atomic E-state index is 0. The van der Waals surface area contributed by atoms with Crippen molar-refractivity contribution in [3.63, 3.8) is 0 Å². The first-order chi connectivity index (χ1) is 11.1. The van der Waals surface area contributed by atoms with Crippen LogP contribution in [0.1, 0.15) is 25.3 Å². The fourth-order valence-corrected chi connectivity index (χ4v) is 2.73. The van der Waals surface area contributed by atoms with Crippen molar-refractivity contribution in [3.8, 4) is 0 Å². The normalized spacial score (nSPS) is 17.4. The zero-order valence-corrected chi connectivity index (χ0v) is 16.5. The number of hydrogen-bond acceptors (Lipinski definition) is 2. The van der Waals surface area contributed by atoms with Crippen molar-refractivity contribution >= 4 is 35.8 Å². The molecule has 1 fully saturated rings. The smallest absolute Gasteiger partial charge is 0.222 e. The van der Waals surface area contributed by atoms with Crippen molar-refractivity contribution in [1.82, 2.24) is 15.5 Å². The van der Waals surface area contributed by atoms with E-state index in [1.165, 1.54) is 6.07 Å². The molecule has 1 amide bonds. The van der Waals surface area contributed by atoms with Gasteiger partial charge in [0, 0.05) is 39.1 Å². The summed E-state index contributed by atoms with van der Waals surface area (Å²) in [6, 6.07) is 6.84. The van der Waals surface area contributed by atoms with Gasteiger partial charge in [0.25, 0.3) is 0 Å². The van der Waals surface area contributed by atoms with E-state index in [4.69, 9.17) is 0 Å². The van der Waals surface area contributed by atoms with Gasteiger partial charge in [-0.3, -0.25) is 9.79 Å². The average Bonchev–Trinajstić information content (AvgIpc) is 3.02. The van der Waals surface area contributed by atoms with Crippen molar-refractivity contribution in [1.29, 1.82) is 0 Å². The Hall–Kier alpha value is -1.38. The molecular formula is C17H26FIN4O. The number of nitrogens with zero attached hydrogens (tertiary/aromatic N) is 2. The Morgan fingerprint density at radius 1 is 1.46 bits per heavy atom. The van der Waals surface area contributed by atoms with Crippen molar-refractivity contribution < 1.29 is 9.18 Å². The molecule has 0 saturated carbocycles. The van der Waals surface area contributed by atoms with E-state index < -0.39 is 0 Å². The van der Waals surface area contributed by atoms with Gasteiger partial charge in [0.15, 0.2) is 5.96 Å². The summed E-state index contributed by atoms with van der Waals surface area (Å²) in [5.41, 5.74) is 0.952. The molecule has 0 radical (unpaired) electrons. The molecule has 0 aromatic heterocycles. The monoisotopic (exact) mass is 448 g/mol. The quantitative estimate of drug-likeness (QED) is 0.413. The van der Waals surface area contributed by atoms with Gasteiger partial charge in [-0.2, -0.15) is 0 Å². The average molecular weight is 448 g/mol. The molecule has 1 aliphatic rings. The van der Waals surface area contributed by atoms with Gasteiger partial charge in [-0.05, 0) is 30.5 Å². The van der Waals surface area contributed by atoms with Crippen LogP contribution in [-0.4, -0.2) is 49.5 Å². The lowest BCUT2D eigenvalue weighted by Crippen LogP contribution is -2.45. The summed E-state index contributed by atoms with van der Waals surface area (Å²) in [5.74, 6) is 0.706. The molecule has 1 aliphatic heterocycles. The Bertz CT molecular complexity index is 567. The van der Waals surface area contributed by atoms with Crippen LogP contribution in [0.5, 0.6) is 0 Å². The number of amides is 1.